The first-order chi connectivity index (χ1) is 9.47. The second kappa shape index (κ2) is 7.65. The molecule has 0 bridgehead atoms. The molecule has 0 saturated carbocycles. The Hall–Kier alpha value is -1.88. The standard InChI is InChI=1S/C15H22N2O3/c1-4-12(7-8-18)16-15(20)17-13-5-6-14(11(3)19)10(2)9-13/h5-6,9,12,18H,4,7-8H2,1-3H3,(H2,16,17,20). The number of nitrogens with one attached hydrogen (secondary N) is 2. The van der Waals surface area contributed by atoms with Crippen molar-refractivity contribution in [2.24, 2.45) is 0 Å². The molecular weight excluding hydrogens is 256 g/mol. The van der Waals surface area contributed by atoms with Crippen LogP contribution in [0, 0.1) is 6.92 Å². The van der Waals surface area contributed by atoms with Crippen molar-refractivity contribution in [3.63, 3.8) is 0 Å². The van der Waals surface area contributed by atoms with E-state index < -0.39 is 0 Å². The zero-order chi connectivity index (χ0) is 15.1. The number of urea groups is 1. The van der Waals surface area contributed by atoms with E-state index in [9.17, 15) is 9.59 Å². The number of carbonyl (C=O) groups excluding carboxylic acids is 2. The molecule has 5 heteroatoms. The lowest BCUT2D eigenvalue weighted by Gasteiger charge is -2.16. The average molecular weight is 278 g/mol. The number of carbonyl (C=O) groups is 2. The van der Waals surface area contributed by atoms with E-state index in [0.717, 1.165) is 12.0 Å². The normalized spacial score (nSPS) is 11.8. The zero-order valence-corrected chi connectivity index (χ0v) is 12.2. The highest BCUT2D eigenvalue weighted by Gasteiger charge is 2.11. The lowest BCUT2D eigenvalue weighted by Crippen LogP contribution is -2.38. The zero-order valence-electron chi connectivity index (χ0n) is 12.2. The summed E-state index contributed by atoms with van der Waals surface area (Å²) in [5.74, 6) is 0.00694. The predicted molar refractivity (Wildman–Crippen MR) is 79.1 cm³/mol. The Balaban J connectivity index is 2.66. The quantitative estimate of drug-likeness (QED) is 0.699. The molecule has 3 N–H and O–H groups in total. The molecule has 0 fully saturated rings. The van der Waals surface area contributed by atoms with Crippen LogP contribution in [-0.4, -0.2) is 29.6 Å². The minimum absolute atomic E-state index is 0.00694. The summed E-state index contributed by atoms with van der Waals surface area (Å²) in [6.45, 7) is 5.35. The molecule has 1 aromatic carbocycles. The number of hydrogen-bond acceptors (Lipinski definition) is 3. The van der Waals surface area contributed by atoms with E-state index in [1.54, 1.807) is 18.2 Å². The number of aliphatic hydroxyl groups excluding tert-OH is 1. The van der Waals surface area contributed by atoms with Gasteiger partial charge in [0.1, 0.15) is 0 Å². The third-order valence-corrected chi connectivity index (χ3v) is 3.17. The highest BCUT2D eigenvalue weighted by Crippen LogP contribution is 2.15. The van der Waals surface area contributed by atoms with Crippen LogP contribution in [0.2, 0.25) is 0 Å². The smallest absolute Gasteiger partial charge is 0.319 e. The van der Waals surface area contributed by atoms with E-state index in [2.05, 4.69) is 10.6 Å². The van der Waals surface area contributed by atoms with Gasteiger partial charge in [-0.1, -0.05) is 6.92 Å². The van der Waals surface area contributed by atoms with E-state index in [1.165, 1.54) is 6.92 Å². The predicted octanol–water partition coefficient (Wildman–Crippen LogP) is 2.48. The van der Waals surface area contributed by atoms with Gasteiger partial charge < -0.3 is 15.7 Å². The molecule has 0 saturated heterocycles. The van der Waals surface area contributed by atoms with Crippen molar-refractivity contribution in [1.82, 2.24) is 5.32 Å². The van der Waals surface area contributed by atoms with Crippen LogP contribution in [0.4, 0.5) is 10.5 Å². The summed E-state index contributed by atoms with van der Waals surface area (Å²) in [7, 11) is 0. The molecule has 20 heavy (non-hydrogen) atoms. The Labute approximate surface area is 119 Å². The van der Waals surface area contributed by atoms with E-state index in [0.29, 0.717) is 17.7 Å². The summed E-state index contributed by atoms with van der Waals surface area (Å²) in [4.78, 5) is 23.1. The Morgan fingerprint density at radius 3 is 2.55 bits per heavy atom. The lowest BCUT2D eigenvalue weighted by molar-refractivity contribution is 0.101. The first-order valence-electron chi connectivity index (χ1n) is 6.77. The summed E-state index contributed by atoms with van der Waals surface area (Å²) in [6, 6.07) is 4.83. The van der Waals surface area contributed by atoms with Gasteiger partial charge in [-0.15, -0.1) is 0 Å². The van der Waals surface area contributed by atoms with E-state index in [4.69, 9.17) is 5.11 Å². The van der Waals surface area contributed by atoms with E-state index in [1.807, 2.05) is 13.8 Å². The number of benzene rings is 1. The van der Waals surface area contributed by atoms with Gasteiger partial charge in [0.05, 0.1) is 0 Å². The highest BCUT2D eigenvalue weighted by atomic mass is 16.3. The summed E-state index contributed by atoms with van der Waals surface area (Å²) < 4.78 is 0. The summed E-state index contributed by atoms with van der Waals surface area (Å²) in [6.07, 6.45) is 1.29. The van der Waals surface area contributed by atoms with Gasteiger partial charge in [-0.3, -0.25) is 4.79 Å². The molecule has 1 rings (SSSR count). The average Bonchev–Trinajstić information content (AvgIpc) is 2.37. The van der Waals surface area contributed by atoms with Gasteiger partial charge in [-0.05, 0) is 50.5 Å². The van der Waals surface area contributed by atoms with Crippen LogP contribution < -0.4 is 10.6 Å². The molecule has 0 aliphatic heterocycles. The number of hydrogen-bond donors (Lipinski definition) is 3. The van der Waals surface area contributed by atoms with Crippen molar-refractivity contribution in [2.75, 3.05) is 11.9 Å². The van der Waals surface area contributed by atoms with Crippen molar-refractivity contribution in [1.29, 1.82) is 0 Å². The Kier molecular flexibility index (Phi) is 6.18. The minimum Gasteiger partial charge on any atom is -0.396 e. The molecule has 1 atom stereocenters. The summed E-state index contributed by atoms with van der Waals surface area (Å²) >= 11 is 0. The van der Waals surface area contributed by atoms with Gasteiger partial charge in [0.15, 0.2) is 5.78 Å². The Morgan fingerprint density at radius 1 is 1.35 bits per heavy atom. The van der Waals surface area contributed by atoms with Gasteiger partial charge in [-0.25, -0.2) is 4.79 Å². The van der Waals surface area contributed by atoms with Crippen LogP contribution in [0.25, 0.3) is 0 Å². The number of ketones is 1. The van der Waals surface area contributed by atoms with Crippen LogP contribution in [0.3, 0.4) is 0 Å². The number of aryl methyl sites for hydroxylation is 1. The molecule has 0 aliphatic carbocycles. The number of rotatable bonds is 6. The number of amides is 2. The highest BCUT2D eigenvalue weighted by molar-refractivity contribution is 5.96. The molecule has 1 unspecified atom stereocenters. The monoisotopic (exact) mass is 278 g/mol. The van der Waals surface area contributed by atoms with Crippen LogP contribution in [-0.2, 0) is 0 Å². The summed E-state index contributed by atoms with van der Waals surface area (Å²) in [5, 5.41) is 14.4. The van der Waals surface area contributed by atoms with Crippen LogP contribution in [0.15, 0.2) is 18.2 Å². The number of anilines is 1. The van der Waals surface area contributed by atoms with Crippen molar-refractivity contribution >= 4 is 17.5 Å². The molecule has 1 aromatic rings. The maximum atomic E-state index is 11.8. The second-order valence-electron chi connectivity index (χ2n) is 4.80. The third kappa shape index (κ3) is 4.66. The minimum atomic E-state index is -0.305. The van der Waals surface area contributed by atoms with Crippen molar-refractivity contribution < 1.29 is 14.7 Å². The first-order valence-corrected chi connectivity index (χ1v) is 6.77. The fourth-order valence-corrected chi connectivity index (χ4v) is 2.02. The largest absolute Gasteiger partial charge is 0.396 e. The summed E-state index contributed by atoms with van der Waals surface area (Å²) in [5.41, 5.74) is 2.13. The van der Waals surface area contributed by atoms with E-state index >= 15 is 0 Å². The molecule has 110 valence electrons. The van der Waals surface area contributed by atoms with Gasteiger partial charge >= 0.3 is 6.03 Å². The molecule has 2 amide bonds. The Morgan fingerprint density at radius 2 is 2.05 bits per heavy atom. The van der Waals surface area contributed by atoms with Crippen LogP contribution in [0.1, 0.15) is 42.6 Å². The maximum absolute atomic E-state index is 11.8. The maximum Gasteiger partial charge on any atom is 0.319 e. The van der Waals surface area contributed by atoms with Crippen LogP contribution >= 0.6 is 0 Å². The molecule has 0 aromatic heterocycles. The molecule has 0 heterocycles. The fourth-order valence-electron chi connectivity index (χ4n) is 2.02. The topological polar surface area (TPSA) is 78.4 Å². The molecule has 0 radical (unpaired) electrons. The first kappa shape index (κ1) is 16.2. The van der Waals surface area contributed by atoms with Gasteiger partial charge in [0, 0.05) is 23.9 Å². The third-order valence-electron chi connectivity index (χ3n) is 3.17. The van der Waals surface area contributed by atoms with Crippen molar-refractivity contribution in [3.05, 3.63) is 29.3 Å². The molecular formula is C15H22N2O3. The fraction of sp³-hybridized carbons (Fsp3) is 0.467. The van der Waals surface area contributed by atoms with Crippen molar-refractivity contribution in [2.45, 2.75) is 39.7 Å². The van der Waals surface area contributed by atoms with Gasteiger partial charge in [0.2, 0.25) is 0 Å². The van der Waals surface area contributed by atoms with Crippen molar-refractivity contribution in [3.8, 4) is 0 Å². The lowest BCUT2D eigenvalue weighted by atomic mass is 10.1. The van der Waals surface area contributed by atoms with E-state index in [-0.39, 0.29) is 24.5 Å². The molecule has 5 nitrogen and oxygen atoms in total. The number of Topliss-reactive ketones (excluding diaryl/α,β-unsaturated/α-hetero) is 1. The van der Waals surface area contributed by atoms with Crippen LogP contribution in [0.5, 0.6) is 0 Å². The SMILES string of the molecule is CCC(CCO)NC(=O)Nc1ccc(C(C)=O)c(C)c1. The molecule has 0 aliphatic rings. The van der Waals surface area contributed by atoms with Gasteiger partial charge in [-0.2, -0.15) is 0 Å². The Bertz CT molecular complexity index is 486. The number of aliphatic hydroxyl groups is 1. The molecule has 0 spiro atoms. The van der Waals surface area contributed by atoms with Gasteiger partial charge in [0.25, 0.3) is 0 Å². The second-order valence-corrected chi connectivity index (χ2v) is 4.80.